The van der Waals surface area contributed by atoms with Crippen LogP contribution in [-0.4, -0.2) is 29.1 Å². The first-order chi connectivity index (χ1) is 8.15. The predicted octanol–water partition coefficient (Wildman–Crippen LogP) is 1.26. The van der Waals surface area contributed by atoms with Crippen molar-refractivity contribution in [1.82, 2.24) is 10.6 Å². The van der Waals surface area contributed by atoms with Gasteiger partial charge in [0.1, 0.15) is 12.1 Å². The van der Waals surface area contributed by atoms with Gasteiger partial charge < -0.3 is 15.4 Å². The summed E-state index contributed by atoms with van der Waals surface area (Å²) < 4.78 is 5.39. The number of thiocarbonyl (C=S) groups is 1. The molecule has 0 bridgehead atoms. The lowest BCUT2D eigenvalue weighted by Gasteiger charge is -2.27. The first-order valence-corrected chi connectivity index (χ1v) is 6.37. The molecule has 0 aromatic rings. The van der Waals surface area contributed by atoms with Gasteiger partial charge in [-0.15, -0.1) is 0 Å². The molecule has 1 saturated carbocycles. The van der Waals surface area contributed by atoms with Crippen molar-refractivity contribution in [2.45, 2.75) is 50.7 Å². The van der Waals surface area contributed by atoms with E-state index in [0.29, 0.717) is 11.4 Å². The number of ether oxygens (including phenoxy) is 1. The van der Waals surface area contributed by atoms with Crippen molar-refractivity contribution in [3.8, 4) is 0 Å². The highest BCUT2D eigenvalue weighted by atomic mass is 32.1. The second-order valence-corrected chi connectivity index (χ2v) is 4.97. The van der Waals surface area contributed by atoms with E-state index < -0.39 is 12.1 Å². The molecule has 5 nitrogen and oxygen atoms in total. The van der Waals surface area contributed by atoms with Crippen molar-refractivity contribution in [2.75, 3.05) is 0 Å². The fraction of sp³-hybridized carbons (Fsp3) is 0.727. The highest BCUT2D eigenvalue weighted by Crippen LogP contribution is 2.21. The Morgan fingerprint density at radius 2 is 2.00 bits per heavy atom. The van der Waals surface area contributed by atoms with Crippen LogP contribution in [0.25, 0.3) is 0 Å². The fourth-order valence-electron chi connectivity index (χ4n) is 2.18. The number of esters is 1. The summed E-state index contributed by atoms with van der Waals surface area (Å²) >= 11 is 4.90. The minimum absolute atomic E-state index is 0.0107. The second kappa shape index (κ2) is 5.44. The van der Waals surface area contributed by atoms with Gasteiger partial charge >= 0.3 is 12.0 Å². The zero-order valence-corrected chi connectivity index (χ0v) is 10.3. The second-order valence-electron chi connectivity index (χ2n) is 4.48. The maximum absolute atomic E-state index is 11.8. The molecule has 2 N–H and O–H groups in total. The summed E-state index contributed by atoms with van der Waals surface area (Å²) in [6.07, 6.45) is 5.61. The van der Waals surface area contributed by atoms with Gasteiger partial charge in [-0.05, 0) is 25.7 Å². The van der Waals surface area contributed by atoms with Crippen LogP contribution in [0.2, 0.25) is 0 Å². The molecular weight excluding hydrogens is 240 g/mol. The molecule has 1 heterocycles. The molecule has 2 fully saturated rings. The maximum atomic E-state index is 11.8. The summed E-state index contributed by atoms with van der Waals surface area (Å²) in [5.74, 6) is -0.367. The van der Waals surface area contributed by atoms with Crippen LogP contribution in [0.15, 0.2) is 0 Å². The molecule has 1 atom stereocenters. The Morgan fingerprint density at radius 1 is 1.29 bits per heavy atom. The van der Waals surface area contributed by atoms with E-state index in [1.807, 2.05) is 0 Å². The van der Waals surface area contributed by atoms with Gasteiger partial charge in [0.15, 0.2) is 0 Å². The molecule has 94 valence electrons. The van der Waals surface area contributed by atoms with Gasteiger partial charge in [-0.25, -0.2) is 9.59 Å². The fourth-order valence-corrected chi connectivity index (χ4v) is 2.44. The van der Waals surface area contributed by atoms with Gasteiger partial charge in [-0.1, -0.05) is 18.6 Å². The number of hydrogen-bond acceptors (Lipinski definition) is 4. The average Bonchev–Trinajstić information content (AvgIpc) is 2.29. The van der Waals surface area contributed by atoms with Gasteiger partial charge in [-0.2, -0.15) is 0 Å². The molecule has 2 amide bonds. The Hall–Kier alpha value is -1.17. The Balaban J connectivity index is 1.86. The molecule has 0 unspecified atom stereocenters. The maximum Gasteiger partial charge on any atom is 0.329 e. The van der Waals surface area contributed by atoms with E-state index in [9.17, 15) is 9.59 Å². The molecular formula is C11H16N2O3S. The lowest BCUT2D eigenvalue weighted by molar-refractivity contribution is -0.152. The highest BCUT2D eigenvalue weighted by molar-refractivity contribution is 7.80. The lowest BCUT2D eigenvalue weighted by Crippen LogP contribution is -2.55. The molecule has 0 spiro atoms. The van der Waals surface area contributed by atoms with Crippen LogP contribution < -0.4 is 10.6 Å². The van der Waals surface area contributed by atoms with Crippen LogP contribution in [0.1, 0.15) is 38.5 Å². The Morgan fingerprint density at radius 3 is 2.65 bits per heavy atom. The molecule has 1 saturated heterocycles. The SMILES string of the molecule is O=C1NC(=S)C[C@@H](C(=O)OC2CCCCC2)N1. The Kier molecular flexibility index (Phi) is 3.93. The topological polar surface area (TPSA) is 67.4 Å². The van der Waals surface area contributed by atoms with Crippen LogP contribution in [0.5, 0.6) is 0 Å². The number of hydrogen-bond donors (Lipinski definition) is 2. The molecule has 0 aromatic carbocycles. The number of amides is 2. The molecule has 2 rings (SSSR count). The third kappa shape index (κ3) is 3.39. The van der Waals surface area contributed by atoms with Crippen LogP contribution in [0.4, 0.5) is 4.79 Å². The van der Waals surface area contributed by atoms with E-state index in [2.05, 4.69) is 10.6 Å². The van der Waals surface area contributed by atoms with Crippen LogP contribution in [0.3, 0.4) is 0 Å². The summed E-state index contributed by atoms with van der Waals surface area (Å²) in [5.41, 5.74) is 0. The van der Waals surface area contributed by atoms with Gasteiger partial charge in [-0.3, -0.25) is 0 Å². The van der Waals surface area contributed by atoms with E-state index in [4.69, 9.17) is 17.0 Å². The first-order valence-electron chi connectivity index (χ1n) is 5.96. The molecule has 0 radical (unpaired) electrons. The standard InChI is InChI=1S/C11H16N2O3S/c14-10(16-7-4-2-1-3-5-7)8-6-9(17)13-11(15)12-8/h7-8H,1-6H2,(H2,12,13,15,17)/t8-/m0/s1. The number of urea groups is 1. The number of rotatable bonds is 2. The van der Waals surface area contributed by atoms with E-state index in [0.717, 1.165) is 25.7 Å². The monoisotopic (exact) mass is 256 g/mol. The molecule has 1 aliphatic carbocycles. The third-order valence-corrected chi connectivity index (χ3v) is 3.34. The summed E-state index contributed by atoms with van der Waals surface area (Å²) in [4.78, 5) is 23.4. The normalized spacial score (nSPS) is 26.0. The van der Waals surface area contributed by atoms with Gasteiger partial charge in [0.05, 0.1) is 4.99 Å². The summed E-state index contributed by atoms with van der Waals surface area (Å²) in [6, 6.07) is -1.05. The van der Waals surface area contributed by atoms with E-state index in [-0.39, 0.29) is 12.1 Å². The van der Waals surface area contributed by atoms with Crippen molar-refractivity contribution >= 4 is 29.2 Å². The van der Waals surface area contributed by atoms with Crippen LogP contribution in [-0.2, 0) is 9.53 Å². The van der Waals surface area contributed by atoms with Crippen LogP contribution in [0, 0.1) is 0 Å². The number of carbonyl (C=O) groups excluding carboxylic acids is 2. The smallest absolute Gasteiger partial charge is 0.329 e. The zero-order valence-electron chi connectivity index (χ0n) is 9.53. The first kappa shape index (κ1) is 12.3. The zero-order chi connectivity index (χ0) is 12.3. The van der Waals surface area contributed by atoms with Crippen molar-refractivity contribution in [2.24, 2.45) is 0 Å². The molecule has 6 heteroatoms. The largest absolute Gasteiger partial charge is 0.461 e. The van der Waals surface area contributed by atoms with Crippen LogP contribution >= 0.6 is 12.2 Å². The predicted molar refractivity (Wildman–Crippen MR) is 65.6 cm³/mol. The summed E-state index contributed by atoms with van der Waals surface area (Å²) in [5, 5.41) is 4.97. The highest BCUT2D eigenvalue weighted by Gasteiger charge is 2.30. The quantitative estimate of drug-likeness (QED) is 0.576. The lowest BCUT2D eigenvalue weighted by atomic mass is 9.98. The molecule has 2 aliphatic rings. The van der Waals surface area contributed by atoms with Gasteiger partial charge in [0, 0.05) is 6.42 Å². The minimum atomic E-state index is -0.627. The average molecular weight is 256 g/mol. The van der Waals surface area contributed by atoms with Gasteiger partial charge in [0.25, 0.3) is 0 Å². The Labute approximate surface area is 105 Å². The van der Waals surface area contributed by atoms with Crippen molar-refractivity contribution in [3.05, 3.63) is 0 Å². The van der Waals surface area contributed by atoms with E-state index >= 15 is 0 Å². The van der Waals surface area contributed by atoms with Crippen molar-refractivity contribution < 1.29 is 14.3 Å². The minimum Gasteiger partial charge on any atom is -0.461 e. The van der Waals surface area contributed by atoms with Gasteiger partial charge in [0.2, 0.25) is 0 Å². The summed E-state index contributed by atoms with van der Waals surface area (Å²) in [6.45, 7) is 0. The molecule has 0 aromatic heterocycles. The molecule has 1 aliphatic heterocycles. The molecule has 17 heavy (non-hydrogen) atoms. The van der Waals surface area contributed by atoms with Crippen molar-refractivity contribution in [3.63, 3.8) is 0 Å². The van der Waals surface area contributed by atoms with E-state index in [1.165, 1.54) is 6.42 Å². The Bertz CT molecular complexity index is 324. The number of carbonyl (C=O) groups is 2. The summed E-state index contributed by atoms with van der Waals surface area (Å²) in [7, 11) is 0. The third-order valence-electron chi connectivity index (χ3n) is 3.07. The van der Waals surface area contributed by atoms with E-state index in [1.54, 1.807) is 0 Å². The van der Waals surface area contributed by atoms with Crippen molar-refractivity contribution in [1.29, 1.82) is 0 Å². The number of nitrogens with one attached hydrogen (secondary N) is 2.